The number of carbonyl (C=O) groups is 1. The Morgan fingerprint density at radius 1 is 0.767 bits per heavy atom. The molecule has 0 aromatic carbocycles. The standard InChI is InChI=1S/C19H18F6N2O3/c1-16(18(20,21)22,11-13-7-3-5-9-26-13)29-15(28)30-17(2,19(23,24)25)12-14-8-4-6-10-27-14/h3-10H,11-12H2,1-2H3. The summed E-state index contributed by atoms with van der Waals surface area (Å²) in [7, 11) is 0. The number of halogens is 6. The van der Waals surface area contributed by atoms with E-state index >= 15 is 0 Å². The lowest BCUT2D eigenvalue weighted by Gasteiger charge is -2.35. The van der Waals surface area contributed by atoms with Gasteiger partial charge in [0.15, 0.2) is 0 Å². The van der Waals surface area contributed by atoms with Gasteiger partial charge < -0.3 is 9.47 Å². The van der Waals surface area contributed by atoms with Crippen molar-refractivity contribution in [2.75, 3.05) is 0 Å². The molecule has 2 rings (SSSR count). The minimum absolute atomic E-state index is 0.0720. The van der Waals surface area contributed by atoms with Crippen molar-refractivity contribution in [2.45, 2.75) is 50.2 Å². The van der Waals surface area contributed by atoms with Gasteiger partial charge in [-0.2, -0.15) is 26.3 Å². The second kappa shape index (κ2) is 8.49. The van der Waals surface area contributed by atoms with E-state index in [1.54, 1.807) is 0 Å². The molecule has 30 heavy (non-hydrogen) atoms. The second-order valence-corrected chi connectivity index (χ2v) is 6.91. The molecule has 0 aliphatic heterocycles. The number of aromatic nitrogens is 2. The van der Waals surface area contributed by atoms with Crippen molar-refractivity contribution in [3.63, 3.8) is 0 Å². The predicted octanol–water partition coefficient (Wildman–Crippen LogP) is 5.06. The molecule has 2 unspecified atom stereocenters. The molecule has 0 radical (unpaired) electrons. The third-order valence-corrected chi connectivity index (χ3v) is 4.31. The molecule has 5 nitrogen and oxygen atoms in total. The summed E-state index contributed by atoms with van der Waals surface area (Å²) in [6.45, 7) is 1.07. The summed E-state index contributed by atoms with van der Waals surface area (Å²) < 4.78 is 90.2. The van der Waals surface area contributed by atoms with Crippen LogP contribution in [0, 0.1) is 0 Å². The van der Waals surface area contributed by atoms with Crippen LogP contribution in [0.3, 0.4) is 0 Å². The SMILES string of the molecule is CC(Cc1ccccn1)(OC(=O)OC(C)(Cc1ccccn1)C(F)(F)F)C(F)(F)F. The number of carbonyl (C=O) groups excluding carboxylic acids is 1. The van der Waals surface area contributed by atoms with Gasteiger partial charge in [-0.3, -0.25) is 9.97 Å². The molecule has 2 aromatic rings. The molecular formula is C19H18F6N2O3. The fourth-order valence-electron chi connectivity index (χ4n) is 2.47. The Labute approximate surface area is 168 Å². The van der Waals surface area contributed by atoms with Gasteiger partial charge in [-0.1, -0.05) is 12.1 Å². The first-order valence-corrected chi connectivity index (χ1v) is 8.61. The summed E-state index contributed by atoms with van der Waals surface area (Å²) in [5.41, 5.74) is -6.46. The molecule has 0 fully saturated rings. The summed E-state index contributed by atoms with van der Waals surface area (Å²) in [5.74, 6) is 0. The van der Waals surface area contributed by atoms with Crippen LogP contribution < -0.4 is 0 Å². The fourth-order valence-corrected chi connectivity index (χ4v) is 2.47. The topological polar surface area (TPSA) is 61.3 Å². The number of hydrogen-bond donors (Lipinski definition) is 0. The smallest absolute Gasteiger partial charge is 0.418 e. The van der Waals surface area contributed by atoms with Crippen molar-refractivity contribution >= 4 is 6.16 Å². The molecule has 0 saturated carbocycles. The Morgan fingerprint density at radius 3 is 1.40 bits per heavy atom. The van der Waals surface area contributed by atoms with Crippen LogP contribution in [0.5, 0.6) is 0 Å². The van der Waals surface area contributed by atoms with Gasteiger partial charge in [-0.15, -0.1) is 0 Å². The van der Waals surface area contributed by atoms with Gasteiger partial charge in [-0.25, -0.2) is 4.79 Å². The van der Waals surface area contributed by atoms with E-state index in [9.17, 15) is 31.1 Å². The third kappa shape index (κ3) is 5.61. The van der Waals surface area contributed by atoms with Gasteiger partial charge in [0.1, 0.15) is 0 Å². The average Bonchev–Trinajstić information content (AvgIpc) is 2.61. The normalized spacial score (nSPS) is 16.3. The van der Waals surface area contributed by atoms with Crippen molar-refractivity contribution in [1.82, 2.24) is 9.97 Å². The highest BCUT2D eigenvalue weighted by molar-refractivity contribution is 5.61. The average molecular weight is 436 g/mol. The molecule has 0 aliphatic rings. The highest BCUT2D eigenvalue weighted by Gasteiger charge is 2.58. The van der Waals surface area contributed by atoms with Crippen molar-refractivity contribution in [3.05, 3.63) is 60.2 Å². The summed E-state index contributed by atoms with van der Waals surface area (Å²) in [5, 5.41) is 0. The number of hydrogen-bond acceptors (Lipinski definition) is 5. The van der Waals surface area contributed by atoms with Crippen molar-refractivity contribution in [3.8, 4) is 0 Å². The Bertz CT molecular complexity index is 775. The number of alkyl halides is 6. The molecule has 0 bridgehead atoms. The maximum Gasteiger partial charge on any atom is 0.510 e. The zero-order chi connectivity index (χ0) is 22.6. The van der Waals surface area contributed by atoms with Gasteiger partial charge in [0, 0.05) is 36.6 Å². The molecule has 0 spiro atoms. The molecule has 0 aliphatic carbocycles. The van der Waals surface area contributed by atoms with Crippen molar-refractivity contribution in [1.29, 1.82) is 0 Å². The Hall–Kier alpha value is -2.85. The number of rotatable bonds is 6. The molecule has 164 valence electrons. The summed E-state index contributed by atoms with van der Waals surface area (Å²) in [6, 6.07) is 8.31. The third-order valence-electron chi connectivity index (χ3n) is 4.31. The van der Waals surface area contributed by atoms with E-state index in [0.717, 1.165) is 0 Å². The van der Waals surface area contributed by atoms with Crippen LogP contribution in [-0.2, 0) is 22.3 Å². The Kier molecular flexibility index (Phi) is 6.63. The van der Waals surface area contributed by atoms with Crippen LogP contribution in [0.4, 0.5) is 31.1 Å². The van der Waals surface area contributed by atoms with Crippen LogP contribution in [-0.4, -0.2) is 39.7 Å². The minimum atomic E-state index is -5.10. The van der Waals surface area contributed by atoms with Crippen LogP contribution in [0.1, 0.15) is 25.2 Å². The first-order chi connectivity index (χ1) is 13.8. The van der Waals surface area contributed by atoms with Crippen LogP contribution in [0.2, 0.25) is 0 Å². The Balaban J connectivity index is 2.24. The molecule has 0 N–H and O–H groups in total. The van der Waals surface area contributed by atoms with Crippen molar-refractivity contribution < 1.29 is 40.6 Å². The lowest BCUT2D eigenvalue weighted by Crippen LogP contribution is -2.52. The second-order valence-electron chi connectivity index (χ2n) is 6.91. The van der Waals surface area contributed by atoms with Gasteiger partial charge >= 0.3 is 18.5 Å². The monoisotopic (exact) mass is 436 g/mol. The molecule has 2 heterocycles. The summed E-state index contributed by atoms with van der Waals surface area (Å²) >= 11 is 0. The lowest BCUT2D eigenvalue weighted by atomic mass is 9.98. The molecule has 0 saturated heterocycles. The van der Waals surface area contributed by atoms with Gasteiger partial charge in [0.25, 0.3) is 0 Å². The van der Waals surface area contributed by atoms with E-state index in [2.05, 4.69) is 19.4 Å². The summed E-state index contributed by atoms with van der Waals surface area (Å²) in [6.07, 6.45) is -11.7. The maximum atomic E-state index is 13.6. The largest absolute Gasteiger partial charge is 0.510 e. The maximum absolute atomic E-state index is 13.6. The van der Waals surface area contributed by atoms with Gasteiger partial charge in [0.05, 0.1) is 0 Å². The fraction of sp³-hybridized carbons (Fsp3) is 0.421. The highest BCUT2D eigenvalue weighted by atomic mass is 19.4. The molecule has 2 atom stereocenters. The zero-order valence-electron chi connectivity index (χ0n) is 15.9. The highest BCUT2D eigenvalue weighted by Crippen LogP contribution is 2.39. The van der Waals surface area contributed by atoms with E-state index in [0.29, 0.717) is 13.8 Å². The minimum Gasteiger partial charge on any atom is -0.418 e. The zero-order valence-corrected chi connectivity index (χ0v) is 15.9. The van der Waals surface area contributed by atoms with Gasteiger partial charge in [-0.05, 0) is 38.1 Å². The molecular weight excluding hydrogens is 418 g/mol. The van der Waals surface area contributed by atoms with Gasteiger partial charge in [0.2, 0.25) is 11.2 Å². The van der Waals surface area contributed by atoms with E-state index in [1.807, 2.05) is 0 Å². The lowest BCUT2D eigenvalue weighted by molar-refractivity contribution is -0.281. The van der Waals surface area contributed by atoms with Crippen LogP contribution >= 0.6 is 0 Å². The molecule has 11 heteroatoms. The summed E-state index contributed by atoms with van der Waals surface area (Å²) in [4.78, 5) is 19.5. The van der Waals surface area contributed by atoms with Crippen LogP contribution in [0.15, 0.2) is 48.8 Å². The van der Waals surface area contributed by atoms with Crippen LogP contribution in [0.25, 0.3) is 0 Å². The quantitative estimate of drug-likeness (QED) is 0.468. The number of pyridine rings is 2. The van der Waals surface area contributed by atoms with Crippen molar-refractivity contribution in [2.24, 2.45) is 0 Å². The van der Waals surface area contributed by atoms with E-state index in [-0.39, 0.29) is 11.4 Å². The first kappa shape index (κ1) is 23.4. The number of ether oxygens (including phenoxy) is 2. The predicted molar refractivity (Wildman–Crippen MR) is 92.4 cm³/mol. The molecule has 0 amide bonds. The van der Waals surface area contributed by atoms with E-state index < -0.39 is 42.6 Å². The van der Waals surface area contributed by atoms with E-state index in [4.69, 9.17) is 0 Å². The number of nitrogens with zero attached hydrogens (tertiary/aromatic N) is 2. The first-order valence-electron chi connectivity index (χ1n) is 8.61. The molecule has 2 aromatic heterocycles. The van der Waals surface area contributed by atoms with E-state index in [1.165, 1.54) is 48.8 Å². The Morgan fingerprint density at radius 2 is 1.13 bits per heavy atom.